The van der Waals surface area contributed by atoms with Crippen LogP contribution in [0.3, 0.4) is 0 Å². The van der Waals surface area contributed by atoms with Crippen LogP contribution in [0, 0.1) is 6.92 Å². The number of para-hydroxylation sites is 1. The minimum absolute atomic E-state index is 0.444. The van der Waals surface area contributed by atoms with Gasteiger partial charge in [-0.05, 0) is 31.5 Å². The van der Waals surface area contributed by atoms with Crippen LogP contribution in [0.5, 0.6) is 0 Å². The summed E-state index contributed by atoms with van der Waals surface area (Å²) in [4.78, 5) is 13.6. The predicted octanol–water partition coefficient (Wildman–Crippen LogP) is 2.40. The molecule has 21 heavy (non-hydrogen) atoms. The molecule has 0 bridgehead atoms. The first-order valence-electron chi connectivity index (χ1n) is 7.20. The third kappa shape index (κ3) is 2.39. The number of carboxylic acids is 1. The van der Waals surface area contributed by atoms with E-state index in [4.69, 9.17) is 0 Å². The van der Waals surface area contributed by atoms with Gasteiger partial charge in [0.1, 0.15) is 5.92 Å². The summed E-state index contributed by atoms with van der Waals surface area (Å²) >= 11 is 0. The Labute approximate surface area is 123 Å². The maximum absolute atomic E-state index is 11.4. The Balaban J connectivity index is 1.92. The van der Waals surface area contributed by atoms with Crippen LogP contribution < -0.4 is 4.90 Å². The smallest absolute Gasteiger partial charge is 0.312 e. The second kappa shape index (κ2) is 5.24. The lowest BCUT2D eigenvalue weighted by atomic mass is 10.0. The van der Waals surface area contributed by atoms with Gasteiger partial charge in [-0.1, -0.05) is 18.2 Å². The van der Waals surface area contributed by atoms with Crippen LogP contribution >= 0.6 is 0 Å². The first-order valence-corrected chi connectivity index (χ1v) is 7.20. The summed E-state index contributed by atoms with van der Waals surface area (Å²) in [5.41, 5.74) is 4.04. The number of benzene rings is 1. The summed E-state index contributed by atoms with van der Waals surface area (Å²) in [7, 11) is 0. The molecule has 0 radical (unpaired) electrons. The highest BCUT2D eigenvalue weighted by Crippen LogP contribution is 2.37. The minimum atomic E-state index is -0.759. The molecule has 0 fully saturated rings. The summed E-state index contributed by atoms with van der Waals surface area (Å²) in [5, 5.41) is 13.9. The molecule has 1 aromatic heterocycles. The van der Waals surface area contributed by atoms with Gasteiger partial charge in [0.05, 0.1) is 17.9 Å². The molecule has 2 aromatic rings. The average molecular weight is 285 g/mol. The van der Waals surface area contributed by atoms with Gasteiger partial charge in [0.15, 0.2) is 0 Å². The number of nitrogens with zero attached hydrogens (tertiary/aromatic N) is 3. The molecule has 1 aliphatic heterocycles. The Hall–Kier alpha value is -2.30. The van der Waals surface area contributed by atoms with E-state index in [0.717, 1.165) is 29.2 Å². The minimum Gasteiger partial charge on any atom is -0.481 e. The van der Waals surface area contributed by atoms with Crippen molar-refractivity contribution in [2.45, 2.75) is 32.9 Å². The molecule has 5 nitrogen and oxygen atoms in total. The third-order valence-corrected chi connectivity index (χ3v) is 3.99. The van der Waals surface area contributed by atoms with Crippen LogP contribution in [-0.2, 0) is 17.9 Å². The summed E-state index contributed by atoms with van der Waals surface area (Å²) in [6.07, 6.45) is 0. The van der Waals surface area contributed by atoms with E-state index in [1.165, 1.54) is 0 Å². The van der Waals surface area contributed by atoms with Crippen molar-refractivity contribution in [3.05, 3.63) is 47.3 Å². The second-order valence-corrected chi connectivity index (χ2v) is 5.42. The molecule has 0 saturated heterocycles. The fraction of sp³-hybridized carbons (Fsp3) is 0.375. The van der Waals surface area contributed by atoms with E-state index in [1.807, 2.05) is 35.9 Å². The van der Waals surface area contributed by atoms with Crippen molar-refractivity contribution in [2.24, 2.45) is 0 Å². The van der Waals surface area contributed by atoms with Crippen LogP contribution in [-0.4, -0.2) is 27.4 Å². The number of rotatable bonds is 4. The first-order chi connectivity index (χ1) is 10.1. The van der Waals surface area contributed by atoms with Crippen LogP contribution in [0.15, 0.2) is 30.3 Å². The Bertz CT molecular complexity index is 678. The number of carbonyl (C=O) groups is 1. The summed E-state index contributed by atoms with van der Waals surface area (Å²) in [5.74, 6) is -1.20. The quantitative estimate of drug-likeness (QED) is 0.937. The van der Waals surface area contributed by atoms with Crippen LogP contribution in [0.25, 0.3) is 0 Å². The summed E-state index contributed by atoms with van der Waals surface area (Å²) in [6, 6.07) is 9.84. The van der Waals surface area contributed by atoms with Gasteiger partial charge in [0.2, 0.25) is 0 Å². The number of anilines is 1. The number of fused-ring (bicyclic) bond motifs is 1. The molecule has 1 aliphatic rings. The highest BCUT2D eigenvalue weighted by Gasteiger charge is 2.33. The second-order valence-electron chi connectivity index (χ2n) is 5.42. The summed E-state index contributed by atoms with van der Waals surface area (Å²) < 4.78 is 1.98. The van der Waals surface area contributed by atoms with Crippen molar-refractivity contribution in [1.82, 2.24) is 9.78 Å². The van der Waals surface area contributed by atoms with Crippen LogP contribution in [0.1, 0.15) is 29.8 Å². The van der Waals surface area contributed by atoms with Gasteiger partial charge in [0, 0.05) is 18.8 Å². The van der Waals surface area contributed by atoms with Gasteiger partial charge < -0.3 is 10.0 Å². The highest BCUT2D eigenvalue weighted by atomic mass is 16.4. The lowest BCUT2D eigenvalue weighted by Gasteiger charge is -2.20. The standard InChI is InChI=1S/C16H19N3O2/c1-3-19-12(8-11(2)17-19)9-18-10-14(16(20)21)13-6-4-5-7-15(13)18/h4-8,14H,3,9-10H2,1-2H3,(H,20,21). The zero-order valence-electron chi connectivity index (χ0n) is 12.3. The van der Waals surface area contributed by atoms with Gasteiger partial charge in [-0.3, -0.25) is 9.48 Å². The Morgan fingerprint density at radius 1 is 1.43 bits per heavy atom. The molecular formula is C16H19N3O2. The van der Waals surface area contributed by atoms with Crippen molar-refractivity contribution in [2.75, 3.05) is 11.4 Å². The van der Waals surface area contributed by atoms with E-state index < -0.39 is 11.9 Å². The fourth-order valence-corrected chi connectivity index (χ4v) is 3.04. The van der Waals surface area contributed by atoms with E-state index in [9.17, 15) is 9.90 Å². The van der Waals surface area contributed by atoms with Crippen molar-refractivity contribution >= 4 is 11.7 Å². The maximum Gasteiger partial charge on any atom is 0.312 e. The van der Waals surface area contributed by atoms with Gasteiger partial charge in [-0.15, -0.1) is 0 Å². The lowest BCUT2D eigenvalue weighted by molar-refractivity contribution is -0.138. The van der Waals surface area contributed by atoms with E-state index in [1.54, 1.807) is 0 Å². The molecule has 1 N–H and O–H groups in total. The summed E-state index contributed by atoms with van der Waals surface area (Å²) in [6.45, 7) is 6.07. The lowest BCUT2D eigenvalue weighted by Crippen LogP contribution is -2.25. The molecule has 0 aliphatic carbocycles. The van der Waals surface area contributed by atoms with Crippen LogP contribution in [0.4, 0.5) is 5.69 Å². The van der Waals surface area contributed by atoms with Gasteiger partial charge in [-0.25, -0.2) is 0 Å². The number of aromatic nitrogens is 2. The highest BCUT2D eigenvalue weighted by molar-refractivity contribution is 5.82. The third-order valence-electron chi connectivity index (χ3n) is 3.99. The largest absolute Gasteiger partial charge is 0.481 e. The van der Waals surface area contributed by atoms with Gasteiger partial charge >= 0.3 is 5.97 Å². The average Bonchev–Trinajstić information content (AvgIpc) is 3.00. The van der Waals surface area contributed by atoms with Crippen molar-refractivity contribution < 1.29 is 9.90 Å². The zero-order valence-corrected chi connectivity index (χ0v) is 12.3. The Morgan fingerprint density at radius 3 is 2.90 bits per heavy atom. The van der Waals surface area contributed by atoms with Crippen molar-refractivity contribution in [3.8, 4) is 0 Å². The molecule has 1 aromatic carbocycles. The number of aryl methyl sites for hydroxylation is 2. The molecule has 110 valence electrons. The molecule has 0 saturated carbocycles. The number of hydrogen-bond donors (Lipinski definition) is 1. The topological polar surface area (TPSA) is 58.4 Å². The molecule has 5 heteroatoms. The molecule has 0 spiro atoms. The number of hydrogen-bond acceptors (Lipinski definition) is 3. The van der Waals surface area contributed by atoms with Gasteiger partial charge in [0.25, 0.3) is 0 Å². The van der Waals surface area contributed by atoms with Crippen molar-refractivity contribution in [1.29, 1.82) is 0 Å². The normalized spacial score (nSPS) is 17.0. The zero-order chi connectivity index (χ0) is 15.0. The predicted molar refractivity (Wildman–Crippen MR) is 80.5 cm³/mol. The maximum atomic E-state index is 11.4. The molecule has 1 unspecified atom stereocenters. The number of aliphatic carboxylic acids is 1. The molecular weight excluding hydrogens is 266 g/mol. The van der Waals surface area contributed by atoms with E-state index in [2.05, 4.69) is 23.0 Å². The van der Waals surface area contributed by atoms with E-state index in [-0.39, 0.29) is 0 Å². The molecule has 2 heterocycles. The van der Waals surface area contributed by atoms with Gasteiger partial charge in [-0.2, -0.15) is 5.10 Å². The molecule has 1 atom stereocenters. The Kier molecular flexibility index (Phi) is 3.41. The number of carboxylic acid groups (broad SMARTS) is 1. The Morgan fingerprint density at radius 2 is 2.19 bits per heavy atom. The molecule has 0 amide bonds. The monoisotopic (exact) mass is 285 g/mol. The van der Waals surface area contributed by atoms with E-state index in [0.29, 0.717) is 13.1 Å². The SMILES string of the molecule is CCn1nc(C)cc1CN1CC(C(=O)O)c2ccccc21. The molecule has 3 rings (SSSR count). The first kappa shape index (κ1) is 13.7. The fourth-order valence-electron chi connectivity index (χ4n) is 3.04. The van der Waals surface area contributed by atoms with E-state index >= 15 is 0 Å². The van der Waals surface area contributed by atoms with Crippen molar-refractivity contribution in [3.63, 3.8) is 0 Å². The van der Waals surface area contributed by atoms with Crippen LogP contribution in [0.2, 0.25) is 0 Å².